The molecule has 0 atom stereocenters. The van der Waals surface area contributed by atoms with Gasteiger partial charge in [-0.05, 0) is 30.7 Å². The summed E-state index contributed by atoms with van der Waals surface area (Å²) in [5, 5.41) is 3.18. The molecule has 5 heteroatoms. The van der Waals surface area contributed by atoms with Gasteiger partial charge in [0.25, 0.3) is 5.91 Å². The highest BCUT2D eigenvalue weighted by Gasteiger charge is 2.15. The summed E-state index contributed by atoms with van der Waals surface area (Å²) in [7, 11) is 0. The van der Waals surface area contributed by atoms with Crippen LogP contribution in [0.4, 0.5) is 10.1 Å². The Labute approximate surface area is 120 Å². The van der Waals surface area contributed by atoms with Crippen LogP contribution < -0.4 is 5.32 Å². The summed E-state index contributed by atoms with van der Waals surface area (Å²) in [4.78, 5) is 12.0. The molecule has 0 saturated carbocycles. The number of anilines is 1. The second kappa shape index (κ2) is 5.59. The molecule has 2 nitrogen and oxygen atoms in total. The van der Waals surface area contributed by atoms with Crippen LogP contribution in [0, 0.1) is 12.7 Å². The van der Waals surface area contributed by atoms with E-state index in [-0.39, 0.29) is 11.3 Å². The highest BCUT2D eigenvalue weighted by molar-refractivity contribution is 6.40. The molecule has 0 spiro atoms. The third-order valence-corrected chi connectivity index (χ3v) is 3.44. The van der Waals surface area contributed by atoms with Crippen molar-refractivity contribution < 1.29 is 9.18 Å². The zero-order valence-electron chi connectivity index (χ0n) is 10.0. The van der Waals surface area contributed by atoms with Crippen LogP contribution in [-0.4, -0.2) is 5.91 Å². The van der Waals surface area contributed by atoms with Crippen molar-refractivity contribution in [3.8, 4) is 0 Å². The second-order valence-electron chi connectivity index (χ2n) is 3.99. The van der Waals surface area contributed by atoms with Gasteiger partial charge < -0.3 is 5.32 Å². The molecular formula is C14H10Cl2FNO. The van der Waals surface area contributed by atoms with Gasteiger partial charge in [-0.3, -0.25) is 4.79 Å². The molecule has 0 saturated heterocycles. The van der Waals surface area contributed by atoms with Crippen LogP contribution in [0.25, 0.3) is 0 Å². The summed E-state index contributed by atoms with van der Waals surface area (Å²) in [5.41, 5.74) is 1.00. The Morgan fingerprint density at radius 1 is 1.16 bits per heavy atom. The lowest BCUT2D eigenvalue weighted by molar-refractivity contribution is 0.102. The van der Waals surface area contributed by atoms with E-state index in [4.69, 9.17) is 23.2 Å². The van der Waals surface area contributed by atoms with Crippen molar-refractivity contribution in [3.05, 3.63) is 63.4 Å². The van der Waals surface area contributed by atoms with Crippen molar-refractivity contribution in [3.63, 3.8) is 0 Å². The van der Waals surface area contributed by atoms with E-state index in [2.05, 4.69) is 5.32 Å². The molecule has 2 aromatic rings. The largest absolute Gasteiger partial charge is 0.319 e. The van der Waals surface area contributed by atoms with Gasteiger partial charge in [-0.15, -0.1) is 0 Å². The monoisotopic (exact) mass is 297 g/mol. The number of nitrogens with one attached hydrogen (secondary N) is 1. The van der Waals surface area contributed by atoms with Crippen molar-refractivity contribution in [1.82, 2.24) is 0 Å². The Kier molecular flexibility index (Phi) is 4.08. The predicted octanol–water partition coefficient (Wildman–Crippen LogP) is 4.69. The Hall–Kier alpha value is -1.58. The van der Waals surface area contributed by atoms with Crippen LogP contribution in [0.15, 0.2) is 36.4 Å². The lowest BCUT2D eigenvalue weighted by atomic mass is 10.1. The normalized spacial score (nSPS) is 10.3. The number of aryl methyl sites for hydroxylation is 1. The fourth-order valence-corrected chi connectivity index (χ4v) is 2.06. The maximum atomic E-state index is 13.5. The quantitative estimate of drug-likeness (QED) is 0.856. The summed E-state index contributed by atoms with van der Waals surface area (Å²) >= 11 is 12.1. The first-order chi connectivity index (χ1) is 9.00. The van der Waals surface area contributed by atoms with Gasteiger partial charge in [0.2, 0.25) is 0 Å². The third kappa shape index (κ3) is 2.88. The maximum absolute atomic E-state index is 13.5. The summed E-state index contributed by atoms with van der Waals surface area (Å²) in [6, 6.07) is 9.07. The topological polar surface area (TPSA) is 29.1 Å². The molecule has 19 heavy (non-hydrogen) atoms. The minimum absolute atomic E-state index is 0.0591. The van der Waals surface area contributed by atoms with E-state index in [1.165, 1.54) is 18.2 Å². The number of carbonyl (C=O) groups excluding carboxylic acids is 1. The van der Waals surface area contributed by atoms with Crippen LogP contribution in [0.2, 0.25) is 10.0 Å². The molecule has 2 aromatic carbocycles. The van der Waals surface area contributed by atoms with Gasteiger partial charge in [-0.1, -0.05) is 41.4 Å². The zero-order chi connectivity index (χ0) is 14.0. The molecule has 0 fully saturated rings. The molecule has 0 aromatic heterocycles. The second-order valence-corrected chi connectivity index (χ2v) is 4.77. The molecule has 0 unspecified atom stereocenters. The van der Waals surface area contributed by atoms with E-state index in [0.717, 1.165) is 5.56 Å². The molecule has 0 heterocycles. The molecule has 1 N–H and O–H groups in total. The van der Waals surface area contributed by atoms with Gasteiger partial charge in [0.15, 0.2) is 0 Å². The van der Waals surface area contributed by atoms with Crippen molar-refractivity contribution in [2.24, 2.45) is 0 Å². The van der Waals surface area contributed by atoms with Crippen LogP contribution >= 0.6 is 23.2 Å². The lowest BCUT2D eigenvalue weighted by Gasteiger charge is -2.11. The van der Waals surface area contributed by atoms with Crippen LogP contribution in [-0.2, 0) is 0 Å². The summed E-state index contributed by atoms with van der Waals surface area (Å²) in [6.45, 7) is 1.79. The number of rotatable bonds is 2. The van der Waals surface area contributed by atoms with E-state index in [0.29, 0.717) is 10.0 Å². The Morgan fingerprint density at radius 2 is 1.84 bits per heavy atom. The van der Waals surface area contributed by atoms with Crippen molar-refractivity contribution in [2.75, 3.05) is 5.32 Å². The van der Waals surface area contributed by atoms with Gasteiger partial charge in [0.05, 0.1) is 21.3 Å². The van der Waals surface area contributed by atoms with E-state index < -0.39 is 11.7 Å². The maximum Gasteiger partial charge on any atom is 0.258 e. The van der Waals surface area contributed by atoms with Gasteiger partial charge in [-0.2, -0.15) is 0 Å². The van der Waals surface area contributed by atoms with Crippen LogP contribution in [0.3, 0.4) is 0 Å². The van der Waals surface area contributed by atoms with Crippen LogP contribution in [0.5, 0.6) is 0 Å². The van der Waals surface area contributed by atoms with Crippen molar-refractivity contribution in [2.45, 2.75) is 6.92 Å². The molecule has 2 rings (SSSR count). The van der Waals surface area contributed by atoms with Crippen LogP contribution in [0.1, 0.15) is 15.9 Å². The Bertz CT molecular complexity index is 643. The fraction of sp³-hybridized carbons (Fsp3) is 0.0714. The molecule has 0 bridgehead atoms. The SMILES string of the molecule is Cc1ccc(Cl)c(NC(=O)c2ccccc2F)c1Cl. The molecule has 0 aliphatic carbocycles. The zero-order valence-corrected chi connectivity index (χ0v) is 11.5. The average Bonchev–Trinajstić information content (AvgIpc) is 2.39. The van der Waals surface area contributed by atoms with E-state index >= 15 is 0 Å². The number of hydrogen-bond donors (Lipinski definition) is 1. The standard InChI is InChI=1S/C14H10Cl2FNO/c1-8-6-7-10(15)13(12(8)16)18-14(19)9-4-2-3-5-11(9)17/h2-7H,1H3,(H,18,19). The first-order valence-corrected chi connectivity index (χ1v) is 6.27. The number of benzene rings is 2. The van der Waals surface area contributed by atoms with E-state index in [9.17, 15) is 9.18 Å². The smallest absolute Gasteiger partial charge is 0.258 e. The molecule has 0 aliphatic heterocycles. The van der Waals surface area contributed by atoms with Gasteiger partial charge in [-0.25, -0.2) is 4.39 Å². The van der Waals surface area contributed by atoms with Gasteiger partial charge in [0, 0.05) is 0 Å². The first kappa shape index (κ1) is 13.8. The molecular weight excluding hydrogens is 288 g/mol. The van der Waals surface area contributed by atoms with Gasteiger partial charge >= 0.3 is 0 Å². The number of halogens is 3. The predicted molar refractivity (Wildman–Crippen MR) is 75.6 cm³/mol. The number of amides is 1. The summed E-state index contributed by atoms with van der Waals surface area (Å²) < 4.78 is 13.5. The lowest BCUT2D eigenvalue weighted by Crippen LogP contribution is -2.14. The molecule has 0 aliphatic rings. The molecule has 0 radical (unpaired) electrons. The minimum Gasteiger partial charge on any atom is -0.319 e. The van der Waals surface area contributed by atoms with Crippen molar-refractivity contribution >= 4 is 34.8 Å². The molecule has 1 amide bonds. The first-order valence-electron chi connectivity index (χ1n) is 5.51. The molecule has 98 valence electrons. The van der Waals surface area contributed by atoms with E-state index in [1.54, 1.807) is 25.1 Å². The van der Waals surface area contributed by atoms with E-state index in [1.807, 2.05) is 0 Å². The fourth-order valence-electron chi connectivity index (χ4n) is 1.60. The minimum atomic E-state index is -0.597. The average molecular weight is 298 g/mol. The highest BCUT2D eigenvalue weighted by atomic mass is 35.5. The van der Waals surface area contributed by atoms with Crippen molar-refractivity contribution in [1.29, 1.82) is 0 Å². The summed E-state index contributed by atoms with van der Waals surface area (Å²) in [6.07, 6.45) is 0. The summed E-state index contributed by atoms with van der Waals surface area (Å²) in [5.74, 6) is -1.19. The third-order valence-electron chi connectivity index (χ3n) is 2.64. The van der Waals surface area contributed by atoms with Gasteiger partial charge in [0.1, 0.15) is 5.82 Å². The Morgan fingerprint density at radius 3 is 2.53 bits per heavy atom. The highest BCUT2D eigenvalue weighted by Crippen LogP contribution is 2.33. The number of hydrogen-bond acceptors (Lipinski definition) is 1. The number of carbonyl (C=O) groups is 1. The Balaban J connectivity index is 2.35.